The number of nitrogens with zero attached hydrogens (tertiary/aromatic N) is 3. The van der Waals surface area contributed by atoms with E-state index in [0.29, 0.717) is 40.4 Å². The standard InChI is InChI=1S/C71H84N8O14/c1-44(2)60(77-62(84)52(35-36-57(81)91-68(3,4)5)74-64(86)55(39-59(83)93-70(9,10)11)76-67(89)90-43-48-25-19-14-20-26-48)65(87)75-54(38-58(82)92-69(6,7)8)63(85)72-50-31-27-47(28-32-50)41-71(40-46-23-17-13-18-24-46)66(88)79-42-56(49-29-33-51(80)34-30-49)73-53(61(79)78-71)37-45-21-15-12-16-22-45/h12-34,42,44,52,54-55,60,80H,35-41,43H2,1-11H3,(H,72,85)(H,74,86)(H,75,87)(H,76,89)(H,77,84)/t52?,54-,55+,60-,71?/m1/s1. The van der Waals surface area contributed by atoms with Crippen LogP contribution in [0, 0.1) is 5.92 Å². The van der Waals surface area contributed by atoms with Crippen molar-refractivity contribution in [1.29, 1.82) is 0 Å². The molecule has 22 heteroatoms. The van der Waals surface area contributed by atoms with Gasteiger partial charge in [-0.2, -0.15) is 0 Å². The van der Waals surface area contributed by atoms with Gasteiger partial charge in [0.05, 0.1) is 24.3 Å². The zero-order chi connectivity index (χ0) is 67.8. The van der Waals surface area contributed by atoms with Crippen molar-refractivity contribution in [2.75, 3.05) is 5.32 Å². The summed E-state index contributed by atoms with van der Waals surface area (Å²) in [5.74, 6) is -6.71. The Morgan fingerprint density at radius 2 is 1.03 bits per heavy atom. The number of nitrogens with one attached hydrogen (secondary N) is 5. The lowest BCUT2D eigenvalue weighted by Crippen LogP contribution is -2.59. The average molecular weight is 1270 g/mol. The van der Waals surface area contributed by atoms with E-state index in [2.05, 4.69) is 26.6 Å². The van der Waals surface area contributed by atoms with Gasteiger partial charge in [-0.05, 0) is 133 Å². The molecule has 93 heavy (non-hydrogen) atoms. The highest BCUT2D eigenvalue weighted by Crippen LogP contribution is 2.36. The van der Waals surface area contributed by atoms with Gasteiger partial charge in [-0.25, -0.2) is 14.8 Å². The normalized spacial score (nSPS) is 15.9. The first-order valence-corrected chi connectivity index (χ1v) is 30.8. The van der Waals surface area contributed by atoms with Crippen LogP contribution in [0.5, 0.6) is 5.75 Å². The van der Waals surface area contributed by atoms with E-state index < -0.39 is 119 Å². The summed E-state index contributed by atoms with van der Waals surface area (Å²) in [5.41, 5.74) is 0.881. The first-order valence-electron chi connectivity index (χ1n) is 30.8. The van der Waals surface area contributed by atoms with Crippen molar-refractivity contribution in [3.05, 3.63) is 174 Å². The molecular weight excluding hydrogens is 1190 g/mol. The molecule has 2 aliphatic rings. The van der Waals surface area contributed by atoms with Gasteiger partial charge in [-0.3, -0.25) is 43.3 Å². The molecule has 0 aliphatic carbocycles. The molecule has 0 aromatic heterocycles. The van der Waals surface area contributed by atoms with Crippen molar-refractivity contribution in [3.8, 4) is 5.75 Å². The number of esters is 3. The largest absolute Gasteiger partial charge is 0.508 e. The molecule has 6 N–H and O–H groups in total. The monoisotopic (exact) mass is 1270 g/mol. The van der Waals surface area contributed by atoms with Crippen LogP contribution in [0.25, 0.3) is 5.70 Å². The highest BCUT2D eigenvalue weighted by Gasteiger charge is 2.50. The van der Waals surface area contributed by atoms with E-state index in [4.69, 9.17) is 28.9 Å². The van der Waals surface area contributed by atoms with Gasteiger partial charge in [0.25, 0.3) is 5.91 Å². The smallest absolute Gasteiger partial charge is 0.408 e. The number of amidine groups is 1. The van der Waals surface area contributed by atoms with E-state index >= 15 is 4.79 Å². The Morgan fingerprint density at radius 1 is 0.548 bits per heavy atom. The summed E-state index contributed by atoms with van der Waals surface area (Å²) in [6.45, 7) is 17.7. The van der Waals surface area contributed by atoms with Gasteiger partial charge in [0.2, 0.25) is 23.6 Å². The van der Waals surface area contributed by atoms with Gasteiger partial charge in [0.1, 0.15) is 53.3 Å². The third-order valence-corrected chi connectivity index (χ3v) is 14.3. The summed E-state index contributed by atoms with van der Waals surface area (Å²) in [7, 11) is 0. The fourth-order valence-electron chi connectivity index (χ4n) is 10.1. The summed E-state index contributed by atoms with van der Waals surface area (Å²) in [6, 6.07) is 34.9. The molecule has 2 unspecified atom stereocenters. The maximum Gasteiger partial charge on any atom is 0.408 e. The minimum atomic E-state index is -1.67. The number of anilines is 1. The number of alkyl carbamates (subject to hydrolysis) is 1. The minimum Gasteiger partial charge on any atom is -0.508 e. The molecule has 0 saturated heterocycles. The number of fused-ring (bicyclic) bond motifs is 1. The number of phenolic OH excluding ortho intramolecular Hbond substituents is 1. The van der Waals surface area contributed by atoms with Crippen LogP contribution in [-0.4, -0.2) is 122 Å². The van der Waals surface area contributed by atoms with Gasteiger partial charge in [-0.15, -0.1) is 0 Å². The van der Waals surface area contributed by atoms with E-state index in [-0.39, 0.29) is 43.2 Å². The average Bonchev–Trinajstić information content (AvgIpc) is 1.59. The van der Waals surface area contributed by atoms with E-state index in [1.165, 1.54) is 0 Å². The van der Waals surface area contributed by atoms with Gasteiger partial charge >= 0.3 is 24.0 Å². The molecule has 22 nitrogen and oxygen atoms in total. The van der Waals surface area contributed by atoms with E-state index in [9.17, 15) is 43.5 Å². The number of hydrogen-bond acceptors (Lipinski definition) is 16. The SMILES string of the molecule is CC(C)[C@@H](NC(=O)C(CCC(=O)OC(C)(C)C)NC(=O)[C@H](CC(=O)OC(C)(C)C)NC(=O)OCc1ccccc1)C(=O)N[C@H](CC(=O)OC(C)(C)C)C(=O)Nc1ccc(CC2(Cc3ccccc3)N=C3C(Cc4ccccc4)=NC(c4ccc(O)cc4)=CN3C2=O)cc1. The minimum absolute atomic E-state index is 0.0797. The highest BCUT2D eigenvalue weighted by molar-refractivity contribution is 6.47. The Hall–Kier alpha value is -9.99. The third kappa shape index (κ3) is 21.6. The molecule has 2 heterocycles. The van der Waals surface area contributed by atoms with E-state index in [0.717, 1.165) is 11.1 Å². The Morgan fingerprint density at radius 3 is 1.57 bits per heavy atom. The molecular formula is C71H84N8O14. The summed E-state index contributed by atoms with van der Waals surface area (Å²) in [6.07, 6.45) is -0.849. The van der Waals surface area contributed by atoms with Crippen molar-refractivity contribution in [1.82, 2.24) is 26.2 Å². The van der Waals surface area contributed by atoms with Crippen LogP contribution in [0.15, 0.2) is 156 Å². The highest BCUT2D eigenvalue weighted by atomic mass is 16.6. The lowest BCUT2D eigenvalue weighted by atomic mass is 9.84. The van der Waals surface area contributed by atoms with Crippen LogP contribution in [0.2, 0.25) is 0 Å². The second-order valence-electron chi connectivity index (χ2n) is 26.3. The van der Waals surface area contributed by atoms with Gasteiger partial charge < -0.3 is 50.6 Å². The number of amides is 6. The number of rotatable bonds is 26. The molecule has 5 aromatic rings. The van der Waals surface area contributed by atoms with Crippen molar-refractivity contribution in [2.45, 2.75) is 174 Å². The number of phenols is 1. The molecule has 0 radical (unpaired) electrons. The summed E-state index contributed by atoms with van der Waals surface area (Å²) in [5, 5.41) is 23.1. The van der Waals surface area contributed by atoms with Crippen LogP contribution >= 0.6 is 0 Å². The molecule has 2 aliphatic heterocycles. The maximum absolute atomic E-state index is 15.2. The Labute approximate surface area is 542 Å². The van der Waals surface area contributed by atoms with Crippen LogP contribution < -0.4 is 26.6 Å². The lowest BCUT2D eigenvalue weighted by Gasteiger charge is -2.28. The molecule has 6 amide bonds. The molecule has 0 fully saturated rings. The van der Waals surface area contributed by atoms with Crippen LogP contribution in [0.4, 0.5) is 10.5 Å². The summed E-state index contributed by atoms with van der Waals surface area (Å²) < 4.78 is 21.9. The van der Waals surface area contributed by atoms with E-state index in [1.54, 1.807) is 166 Å². The molecule has 0 bridgehead atoms. The van der Waals surface area contributed by atoms with E-state index in [1.807, 2.05) is 60.7 Å². The summed E-state index contributed by atoms with van der Waals surface area (Å²) >= 11 is 0. The molecule has 0 saturated carbocycles. The van der Waals surface area contributed by atoms with Gasteiger partial charge in [-0.1, -0.05) is 117 Å². The molecule has 5 atom stereocenters. The maximum atomic E-state index is 15.2. The Balaban J connectivity index is 1.12. The Kier molecular flexibility index (Phi) is 23.4. The van der Waals surface area contributed by atoms with Crippen molar-refractivity contribution < 1.29 is 67.2 Å². The first-order chi connectivity index (χ1) is 43.8. The second kappa shape index (κ2) is 30.9. The quantitative estimate of drug-likeness (QED) is 0.0223. The lowest BCUT2D eigenvalue weighted by molar-refractivity contribution is -0.157. The molecule has 5 aromatic carbocycles. The topological polar surface area (TPSA) is 299 Å². The van der Waals surface area contributed by atoms with Crippen LogP contribution in [-0.2, 0) is 83.2 Å². The summed E-state index contributed by atoms with van der Waals surface area (Å²) in [4.78, 5) is 138. The van der Waals surface area contributed by atoms with Gasteiger partial charge in [0.15, 0.2) is 11.4 Å². The zero-order valence-electron chi connectivity index (χ0n) is 54.5. The molecule has 492 valence electrons. The van der Waals surface area contributed by atoms with Crippen molar-refractivity contribution in [2.24, 2.45) is 15.9 Å². The Bertz CT molecular complexity index is 3590. The van der Waals surface area contributed by atoms with Gasteiger partial charge in [0, 0.05) is 43.1 Å². The number of ether oxygens (including phenoxy) is 4. The number of hydrogen-bond donors (Lipinski definition) is 6. The van der Waals surface area contributed by atoms with Crippen LogP contribution in [0.1, 0.15) is 130 Å². The predicted molar refractivity (Wildman–Crippen MR) is 350 cm³/mol. The number of aliphatic imine (C=N–C) groups is 2. The first kappa shape index (κ1) is 70.5. The number of carbonyl (C=O) groups excluding carboxylic acids is 9. The number of aromatic hydroxyl groups is 1. The zero-order valence-corrected chi connectivity index (χ0v) is 54.5. The predicted octanol–water partition coefficient (Wildman–Crippen LogP) is 8.78. The van der Waals surface area contributed by atoms with Crippen LogP contribution in [0.3, 0.4) is 0 Å². The van der Waals surface area contributed by atoms with Crippen molar-refractivity contribution in [3.63, 3.8) is 0 Å². The second-order valence-corrected chi connectivity index (χ2v) is 26.3. The molecule has 0 spiro atoms. The number of carbonyl (C=O) groups is 9. The fourth-order valence-corrected chi connectivity index (χ4v) is 10.1. The fraction of sp³-hybridized carbons (Fsp3) is 0.394. The number of benzene rings is 5. The van der Waals surface area contributed by atoms with Crippen molar-refractivity contribution >= 4 is 76.5 Å². The molecule has 7 rings (SSSR count). The third-order valence-electron chi connectivity index (χ3n) is 14.3.